The summed E-state index contributed by atoms with van der Waals surface area (Å²) in [5.74, 6) is 1.07. The average Bonchev–Trinajstić information content (AvgIpc) is 2.81. The van der Waals surface area contributed by atoms with E-state index in [2.05, 4.69) is 15.6 Å². The van der Waals surface area contributed by atoms with Gasteiger partial charge in [0.05, 0.1) is 0 Å². The Bertz CT molecular complexity index is 427. The van der Waals surface area contributed by atoms with E-state index in [4.69, 9.17) is 5.73 Å². The molecule has 1 aromatic heterocycles. The number of nitrogens with two attached hydrogens (primary N) is 1. The van der Waals surface area contributed by atoms with Crippen LogP contribution >= 0.6 is 0 Å². The van der Waals surface area contributed by atoms with E-state index in [0.29, 0.717) is 5.56 Å². The number of anilines is 1. The lowest BCUT2D eigenvalue weighted by Gasteiger charge is -2.11. The summed E-state index contributed by atoms with van der Waals surface area (Å²) >= 11 is 0. The molecule has 0 saturated carbocycles. The fraction of sp³-hybridized carbons (Fsp3) is 0.538. The predicted octanol–water partition coefficient (Wildman–Crippen LogP) is 0.900. The fourth-order valence-corrected chi connectivity index (χ4v) is 2.27. The third kappa shape index (κ3) is 3.43. The summed E-state index contributed by atoms with van der Waals surface area (Å²) in [7, 11) is 0. The van der Waals surface area contributed by atoms with E-state index in [9.17, 15) is 4.79 Å². The molecule has 0 bridgehead atoms. The number of aryl methyl sites for hydroxylation is 1. The van der Waals surface area contributed by atoms with Crippen molar-refractivity contribution in [2.45, 2.75) is 19.8 Å². The molecule has 5 nitrogen and oxygen atoms in total. The zero-order chi connectivity index (χ0) is 13.0. The van der Waals surface area contributed by atoms with Gasteiger partial charge < -0.3 is 16.4 Å². The first kappa shape index (κ1) is 12.8. The lowest BCUT2D eigenvalue weighted by atomic mass is 10.1. The van der Waals surface area contributed by atoms with E-state index >= 15 is 0 Å². The number of hydrogen-bond acceptors (Lipinski definition) is 4. The molecule has 1 atom stereocenters. The molecule has 0 aromatic carbocycles. The minimum atomic E-state index is -0.413. The van der Waals surface area contributed by atoms with Crippen LogP contribution in [0.1, 0.15) is 28.9 Å². The Morgan fingerprint density at radius 2 is 2.44 bits per heavy atom. The first-order valence-electron chi connectivity index (χ1n) is 6.38. The smallest absolute Gasteiger partial charge is 0.248 e. The maximum Gasteiger partial charge on any atom is 0.248 e. The third-order valence-electron chi connectivity index (χ3n) is 3.26. The molecular formula is C13H20N4O. The van der Waals surface area contributed by atoms with Crippen molar-refractivity contribution in [1.82, 2.24) is 10.3 Å². The van der Waals surface area contributed by atoms with Gasteiger partial charge in [-0.15, -0.1) is 0 Å². The number of carbonyl (C=O) groups is 1. The second-order valence-corrected chi connectivity index (χ2v) is 4.82. The van der Waals surface area contributed by atoms with Crippen molar-refractivity contribution in [2.24, 2.45) is 11.7 Å². The van der Waals surface area contributed by atoms with E-state index in [-0.39, 0.29) is 0 Å². The minimum absolute atomic E-state index is 0.413. The number of pyridine rings is 1. The number of nitrogens with zero attached hydrogens (tertiary/aromatic N) is 1. The van der Waals surface area contributed by atoms with Gasteiger partial charge in [0.15, 0.2) is 0 Å². The molecule has 0 radical (unpaired) electrons. The molecule has 1 aliphatic rings. The van der Waals surface area contributed by atoms with Crippen LogP contribution in [-0.4, -0.2) is 30.5 Å². The summed E-state index contributed by atoms with van der Waals surface area (Å²) in [5, 5.41) is 6.61. The Morgan fingerprint density at radius 3 is 3.11 bits per heavy atom. The molecule has 1 unspecified atom stereocenters. The molecule has 18 heavy (non-hydrogen) atoms. The van der Waals surface area contributed by atoms with Gasteiger partial charge in [0, 0.05) is 17.8 Å². The van der Waals surface area contributed by atoms with E-state index in [1.807, 2.05) is 6.92 Å². The molecule has 1 aliphatic heterocycles. The second kappa shape index (κ2) is 5.82. The topological polar surface area (TPSA) is 80.0 Å². The molecule has 2 heterocycles. The molecule has 0 aliphatic carbocycles. The van der Waals surface area contributed by atoms with Gasteiger partial charge in [-0.25, -0.2) is 4.98 Å². The summed E-state index contributed by atoms with van der Waals surface area (Å²) in [4.78, 5) is 15.5. The normalized spacial score (nSPS) is 18.8. The number of amides is 1. The van der Waals surface area contributed by atoms with Gasteiger partial charge >= 0.3 is 0 Å². The second-order valence-electron chi connectivity index (χ2n) is 4.82. The van der Waals surface area contributed by atoms with Crippen LogP contribution in [0.2, 0.25) is 0 Å². The monoisotopic (exact) mass is 248 g/mol. The number of primary amides is 1. The molecule has 1 fully saturated rings. The van der Waals surface area contributed by atoms with E-state index in [0.717, 1.165) is 43.5 Å². The summed E-state index contributed by atoms with van der Waals surface area (Å²) in [5.41, 5.74) is 6.59. The van der Waals surface area contributed by atoms with Crippen LogP contribution in [0.25, 0.3) is 0 Å². The highest BCUT2D eigenvalue weighted by atomic mass is 16.1. The maximum atomic E-state index is 11.1. The average molecular weight is 248 g/mol. The number of rotatable bonds is 5. The highest BCUT2D eigenvalue weighted by Gasteiger charge is 2.13. The number of carbonyl (C=O) groups excluding carboxylic acids is 1. The van der Waals surface area contributed by atoms with E-state index < -0.39 is 5.91 Å². The van der Waals surface area contributed by atoms with Crippen LogP contribution in [0, 0.1) is 12.8 Å². The summed E-state index contributed by atoms with van der Waals surface area (Å²) in [6, 6.07) is 3.41. The third-order valence-corrected chi connectivity index (χ3v) is 3.26. The van der Waals surface area contributed by atoms with Gasteiger partial charge in [-0.2, -0.15) is 0 Å². The molecule has 98 valence electrons. The Balaban J connectivity index is 1.89. The minimum Gasteiger partial charge on any atom is -0.370 e. The summed E-state index contributed by atoms with van der Waals surface area (Å²) in [6.45, 7) is 4.97. The zero-order valence-electron chi connectivity index (χ0n) is 10.7. The predicted molar refractivity (Wildman–Crippen MR) is 71.6 cm³/mol. The van der Waals surface area contributed by atoms with Crippen molar-refractivity contribution < 1.29 is 4.79 Å². The fourth-order valence-electron chi connectivity index (χ4n) is 2.27. The molecule has 1 aromatic rings. The highest BCUT2D eigenvalue weighted by Crippen LogP contribution is 2.14. The van der Waals surface area contributed by atoms with E-state index in [1.54, 1.807) is 12.1 Å². The van der Waals surface area contributed by atoms with Gasteiger partial charge in [0.2, 0.25) is 5.91 Å². The van der Waals surface area contributed by atoms with Crippen LogP contribution in [0.4, 0.5) is 5.82 Å². The lowest BCUT2D eigenvalue weighted by molar-refractivity contribution is 0.1000. The summed E-state index contributed by atoms with van der Waals surface area (Å²) in [6.07, 6.45) is 2.37. The molecule has 4 N–H and O–H groups in total. The first-order chi connectivity index (χ1) is 8.65. The summed E-state index contributed by atoms with van der Waals surface area (Å²) < 4.78 is 0. The van der Waals surface area contributed by atoms with Crippen LogP contribution in [0.15, 0.2) is 12.1 Å². The van der Waals surface area contributed by atoms with Crippen LogP contribution in [-0.2, 0) is 0 Å². The maximum absolute atomic E-state index is 11.1. The number of nitrogens with one attached hydrogen (secondary N) is 2. The molecule has 2 rings (SSSR count). The van der Waals surface area contributed by atoms with Crippen LogP contribution in [0.3, 0.4) is 0 Å². The van der Waals surface area contributed by atoms with Crippen molar-refractivity contribution >= 4 is 11.7 Å². The van der Waals surface area contributed by atoms with Gasteiger partial charge in [0.1, 0.15) is 5.82 Å². The standard InChI is InChI=1S/C13H20N4O/c1-9-6-11(13(14)18)7-12(17-9)16-5-3-10-2-4-15-8-10/h6-7,10,15H,2-5,8H2,1H3,(H2,14,18)(H,16,17). The quantitative estimate of drug-likeness (QED) is 0.723. The Hall–Kier alpha value is -1.62. The zero-order valence-corrected chi connectivity index (χ0v) is 10.7. The van der Waals surface area contributed by atoms with Crippen molar-refractivity contribution in [3.05, 3.63) is 23.4 Å². The molecular weight excluding hydrogens is 228 g/mol. The number of aromatic nitrogens is 1. The van der Waals surface area contributed by atoms with Crippen molar-refractivity contribution in [3.63, 3.8) is 0 Å². The molecule has 5 heteroatoms. The Kier molecular flexibility index (Phi) is 4.15. The SMILES string of the molecule is Cc1cc(C(N)=O)cc(NCCC2CCNC2)n1. The van der Waals surface area contributed by atoms with Crippen molar-refractivity contribution in [3.8, 4) is 0 Å². The van der Waals surface area contributed by atoms with Gasteiger partial charge in [0.25, 0.3) is 0 Å². The molecule has 1 saturated heterocycles. The number of hydrogen-bond donors (Lipinski definition) is 3. The molecule has 1 amide bonds. The van der Waals surface area contributed by atoms with Gasteiger partial charge in [-0.1, -0.05) is 0 Å². The Labute approximate surface area is 107 Å². The lowest BCUT2D eigenvalue weighted by Crippen LogP contribution is -2.15. The Morgan fingerprint density at radius 1 is 1.61 bits per heavy atom. The highest BCUT2D eigenvalue weighted by molar-refractivity contribution is 5.93. The van der Waals surface area contributed by atoms with Crippen LogP contribution in [0.5, 0.6) is 0 Å². The van der Waals surface area contributed by atoms with E-state index in [1.165, 1.54) is 6.42 Å². The van der Waals surface area contributed by atoms with Crippen LogP contribution < -0.4 is 16.4 Å². The largest absolute Gasteiger partial charge is 0.370 e. The van der Waals surface area contributed by atoms with Gasteiger partial charge in [-0.05, 0) is 50.9 Å². The first-order valence-corrected chi connectivity index (χ1v) is 6.38. The molecule has 0 spiro atoms. The van der Waals surface area contributed by atoms with Gasteiger partial charge in [-0.3, -0.25) is 4.79 Å². The van der Waals surface area contributed by atoms with Crippen molar-refractivity contribution in [2.75, 3.05) is 25.0 Å². The van der Waals surface area contributed by atoms with Crippen molar-refractivity contribution in [1.29, 1.82) is 0 Å².